The second-order valence-corrected chi connectivity index (χ2v) is 9.27. The quantitative estimate of drug-likeness (QED) is 0.654. The van der Waals surface area contributed by atoms with Crippen molar-refractivity contribution in [1.82, 2.24) is 10.2 Å². The molecule has 3 N–H and O–H groups in total. The molecule has 33 heavy (non-hydrogen) atoms. The number of ether oxygens (including phenoxy) is 1. The number of benzene rings is 2. The molecule has 0 saturated heterocycles. The van der Waals surface area contributed by atoms with Gasteiger partial charge in [0.1, 0.15) is 5.60 Å². The Morgan fingerprint density at radius 3 is 2.00 bits per heavy atom. The first-order valence-electron chi connectivity index (χ1n) is 10.7. The van der Waals surface area contributed by atoms with Crippen LogP contribution in [-0.2, 0) is 11.2 Å². The Balaban J connectivity index is 1.89. The molecule has 0 fully saturated rings. The molecule has 3 rings (SSSR count). The van der Waals surface area contributed by atoms with Gasteiger partial charge in [0.25, 0.3) is 11.8 Å². The number of primary amides is 1. The molecule has 174 valence electrons. The number of hydrogen-bond donors (Lipinski definition) is 2. The fraction of sp³-hybridized carbons (Fsp3) is 0.360. The fourth-order valence-corrected chi connectivity index (χ4v) is 3.96. The van der Waals surface area contributed by atoms with Gasteiger partial charge in [0.05, 0.1) is 23.7 Å². The molecule has 8 nitrogen and oxygen atoms in total. The maximum absolute atomic E-state index is 12.9. The summed E-state index contributed by atoms with van der Waals surface area (Å²) >= 11 is 0. The van der Waals surface area contributed by atoms with Crippen LogP contribution >= 0.6 is 0 Å². The Hall–Kier alpha value is -3.68. The number of imide groups is 1. The zero-order chi connectivity index (χ0) is 24.5. The van der Waals surface area contributed by atoms with Gasteiger partial charge in [0.15, 0.2) is 0 Å². The van der Waals surface area contributed by atoms with Crippen LogP contribution in [0.15, 0.2) is 36.4 Å². The molecule has 0 radical (unpaired) electrons. The van der Waals surface area contributed by atoms with E-state index in [0.717, 1.165) is 21.6 Å². The molecule has 1 heterocycles. The summed E-state index contributed by atoms with van der Waals surface area (Å²) in [5, 5.41) is 2.81. The molecule has 8 heteroatoms. The number of alkyl carbamates (subject to hydrolysis) is 1. The Morgan fingerprint density at radius 1 is 1.03 bits per heavy atom. The summed E-state index contributed by atoms with van der Waals surface area (Å²) in [6.07, 6.45) is -0.322. The predicted molar refractivity (Wildman–Crippen MR) is 123 cm³/mol. The lowest BCUT2D eigenvalue weighted by Gasteiger charge is -2.27. The topological polar surface area (TPSA) is 119 Å². The Kier molecular flexibility index (Phi) is 6.58. The summed E-state index contributed by atoms with van der Waals surface area (Å²) in [6, 6.07) is 9.41. The number of carbonyl (C=O) groups is 4. The molecule has 0 unspecified atom stereocenters. The van der Waals surface area contributed by atoms with Crippen LogP contribution in [-0.4, -0.2) is 46.9 Å². The first-order chi connectivity index (χ1) is 15.4. The van der Waals surface area contributed by atoms with E-state index >= 15 is 0 Å². The Labute approximate surface area is 193 Å². The number of nitrogens with one attached hydrogen (secondary N) is 1. The molecular formula is C25H29N3O5. The molecule has 1 aliphatic heterocycles. The number of aryl methyl sites for hydroxylation is 2. The summed E-state index contributed by atoms with van der Waals surface area (Å²) in [7, 11) is 0. The van der Waals surface area contributed by atoms with Gasteiger partial charge >= 0.3 is 6.09 Å². The summed E-state index contributed by atoms with van der Waals surface area (Å²) in [5.41, 5.74) is 8.32. The van der Waals surface area contributed by atoms with Crippen molar-refractivity contribution < 1.29 is 23.9 Å². The minimum absolute atomic E-state index is 0.0258. The first kappa shape index (κ1) is 24.0. The van der Waals surface area contributed by atoms with Crippen LogP contribution in [0.4, 0.5) is 4.79 Å². The van der Waals surface area contributed by atoms with Crippen molar-refractivity contribution >= 4 is 23.8 Å². The van der Waals surface area contributed by atoms with Crippen LogP contribution in [0, 0.1) is 13.8 Å². The highest BCUT2D eigenvalue weighted by molar-refractivity contribution is 6.21. The van der Waals surface area contributed by atoms with Crippen LogP contribution in [0.1, 0.15) is 68.5 Å². The van der Waals surface area contributed by atoms with Crippen LogP contribution < -0.4 is 11.1 Å². The third-order valence-electron chi connectivity index (χ3n) is 5.43. The molecule has 0 bridgehead atoms. The van der Waals surface area contributed by atoms with Crippen LogP contribution in [0.2, 0.25) is 0 Å². The molecule has 2 aromatic rings. The maximum Gasteiger partial charge on any atom is 0.407 e. The normalized spacial score (nSPS) is 14.2. The molecule has 2 aromatic carbocycles. The highest BCUT2D eigenvalue weighted by Crippen LogP contribution is 2.24. The minimum atomic E-state index is -0.709. The third-order valence-corrected chi connectivity index (χ3v) is 5.43. The number of nitrogens with two attached hydrogens (primary N) is 1. The van der Waals surface area contributed by atoms with E-state index < -0.39 is 35.5 Å². The minimum Gasteiger partial charge on any atom is -0.444 e. The predicted octanol–water partition coefficient (Wildman–Crippen LogP) is 3.13. The Bertz CT molecular complexity index is 1080. The smallest absolute Gasteiger partial charge is 0.407 e. The summed E-state index contributed by atoms with van der Waals surface area (Å²) < 4.78 is 5.40. The van der Waals surface area contributed by atoms with Gasteiger partial charge < -0.3 is 15.8 Å². The molecule has 0 spiro atoms. The van der Waals surface area contributed by atoms with Gasteiger partial charge in [-0.3, -0.25) is 19.3 Å². The number of rotatable bonds is 6. The first-order valence-corrected chi connectivity index (χ1v) is 10.7. The molecule has 4 amide bonds. The SMILES string of the molecule is Cc1cc(C(N)=O)cc(C)c1C[C@@H](CN1C(=O)c2ccccc2C1=O)NC(=O)OC(C)(C)C. The number of amides is 4. The van der Waals surface area contributed by atoms with E-state index in [4.69, 9.17) is 10.5 Å². The van der Waals surface area contributed by atoms with E-state index in [0.29, 0.717) is 23.1 Å². The van der Waals surface area contributed by atoms with E-state index in [1.54, 1.807) is 57.2 Å². The number of fused-ring (bicyclic) bond motifs is 1. The van der Waals surface area contributed by atoms with E-state index in [1.807, 2.05) is 13.8 Å². The van der Waals surface area contributed by atoms with Crippen LogP contribution in [0.5, 0.6) is 0 Å². The molecule has 0 aliphatic carbocycles. The van der Waals surface area contributed by atoms with Crippen LogP contribution in [0.3, 0.4) is 0 Å². The lowest BCUT2D eigenvalue weighted by atomic mass is 9.93. The van der Waals surface area contributed by atoms with Gasteiger partial charge in [-0.25, -0.2) is 4.79 Å². The van der Waals surface area contributed by atoms with E-state index in [2.05, 4.69) is 5.32 Å². The fourth-order valence-electron chi connectivity index (χ4n) is 3.96. The van der Waals surface area contributed by atoms with Crippen molar-refractivity contribution in [2.45, 2.75) is 52.7 Å². The zero-order valence-electron chi connectivity index (χ0n) is 19.5. The van der Waals surface area contributed by atoms with Gasteiger partial charge in [-0.1, -0.05) is 12.1 Å². The van der Waals surface area contributed by atoms with Gasteiger partial charge in [-0.05, 0) is 82.0 Å². The number of hydrogen-bond acceptors (Lipinski definition) is 5. The maximum atomic E-state index is 12.9. The van der Waals surface area contributed by atoms with E-state index in [9.17, 15) is 19.2 Å². The summed E-state index contributed by atoms with van der Waals surface area (Å²) in [4.78, 5) is 51.0. The second kappa shape index (κ2) is 9.05. The van der Waals surface area contributed by atoms with Gasteiger partial charge in [0, 0.05) is 5.56 Å². The Morgan fingerprint density at radius 2 is 1.55 bits per heavy atom. The highest BCUT2D eigenvalue weighted by atomic mass is 16.6. The van der Waals surface area contributed by atoms with Gasteiger partial charge in [-0.15, -0.1) is 0 Å². The second-order valence-electron chi connectivity index (χ2n) is 9.27. The number of nitrogens with zero attached hydrogens (tertiary/aromatic N) is 1. The largest absolute Gasteiger partial charge is 0.444 e. The lowest BCUT2D eigenvalue weighted by Crippen LogP contribution is -2.48. The average molecular weight is 452 g/mol. The number of carbonyl (C=O) groups excluding carboxylic acids is 4. The van der Waals surface area contributed by atoms with Crippen molar-refractivity contribution in [3.8, 4) is 0 Å². The van der Waals surface area contributed by atoms with E-state index in [-0.39, 0.29) is 6.54 Å². The van der Waals surface area contributed by atoms with Crippen molar-refractivity contribution in [3.63, 3.8) is 0 Å². The van der Waals surface area contributed by atoms with Crippen molar-refractivity contribution in [2.75, 3.05) is 6.54 Å². The van der Waals surface area contributed by atoms with Crippen molar-refractivity contribution in [1.29, 1.82) is 0 Å². The molecular weight excluding hydrogens is 422 g/mol. The zero-order valence-corrected chi connectivity index (χ0v) is 19.5. The summed E-state index contributed by atoms with van der Waals surface area (Å²) in [6.45, 7) is 8.93. The van der Waals surface area contributed by atoms with Crippen LogP contribution in [0.25, 0.3) is 0 Å². The molecule has 0 aromatic heterocycles. The van der Waals surface area contributed by atoms with Gasteiger partial charge in [0.2, 0.25) is 5.91 Å². The summed E-state index contributed by atoms with van der Waals surface area (Å²) in [5.74, 6) is -1.32. The average Bonchev–Trinajstić information content (AvgIpc) is 2.94. The molecule has 1 aliphatic rings. The monoisotopic (exact) mass is 451 g/mol. The molecule has 1 atom stereocenters. The third kappa shape index (κ3) is 5.39. The van der Waals surface area contributed by atoms with Crippen molar-refractivity contribution in [3.05, 3.63) is 69.8 Å². The van der Waals surface area contributed by atoms with Crippen molar-refractivity contribution in [2.24, 2.45) is 5.73 Å². The van der Waals surface area contributed by atoms with E-state index in [1.165, 1.54) is 0 Å². The molecule has 0 saturated carbocycles. The standard InChI is InChI=1S/C25H29N3O5/c1-14-10-16(21(26)29)11-15(2)20(14)12-17(27-24(32)33-25(3,4)5)13-28-22(30)18-8-6-7-9-19(18)23(28)31/h6-11,17H,12-13H2,1-5H3,(H2,26,29)(H,27,32)/t17-/m0/s1. The highest BCUT2D eigenvalue weighted by Gasteiger charge is 2.37. The van der Waals surface area contributed by atoms with Gasteiger partial charge in [-0.2, -0.15) is 0 Å². The lowest BCUT2D eigenvalue weighted by molar-refractivity contribution is 0.0468.